The quantitative estimate of drug-likeness (QED) is 0.643. The number of nitrogens with one attached hydrogen (secondary N) is 2. The van der Waals surface area contributed by atoms with E-state index in [0.29, 0.717) is 19.4 Å². The van der Waals surface area contributed by atoms with Crippen LogP contribution in [0.2, 0.25) is 0 Å². The summed E-state index contributed by atoms with van der Waals surface area (Å²) in [6.07, 6.45) is 0.881. The van der Waals surface area contributed by atoms with Crippen molar-refractivity contribution in [3.05, 3.63) is 28.7 Å². The zero-order valence-corrected chi connectivity index (χ0v) is 11.6. The standard InChI is InChI=1S/C12H15BrN2O3/c1-9(16)14-15-12(17)6-3-7-18-11-5-2-4-10(13)8-11/h2,4-5,8H,3,6-7H2,1H3,(H,14,16)(H,15,17). The third-order valence-electron chi connectivity index (χ3n) is 1.99. The highest BCUT2D eigenvalue weighted by Gasteiger charge is 2.01. The van der Waals surface area contributed by atoms with Crippen molar-refractivity contribution in [3.63, 3.8) is 0 Å². The zero-order valence-electron chi connectivity index (χ0n) is 10.0. The van der Waals surface area contributed by atoms with Crippen molar-refractivity contribution in [1.29, 1.82) is 0 Å². The molecular weight excluding hydrogens is 300 g/mol. The summed E-state index contributed by atoms with van der Waals surface area (Å²) in [6.45, 7) is 1.78. The SMILES string of the molecule is CC(=O)NNC(=O)CCCOc1cccc(Br)c1. The number of amides is 2. The van der Waals surface area contributed by atoms with Gasteiger partial charge in [-0.1, -0.05) is 22.0 Å². The van der Waals surface area contributed by atoms with Gasteiger partial charge >= 0.3 is 0 Å². The van der Waals surface area contributed by atoms with Crippen molar-refractivity contribution in [3.8, 4) is 5.75 Å². The molecule has 0 saturated heterocycles. The second kappa shape index (κ2) is 7.71. The lowest BCUT2D eigenvalue weighted by molar-refractivity contribution is -0.127. The normalized spacial score (nSPS) is 9.67. The first-order valence-electron chi connectivity index (χ1n) is 5.51. The number of ether oxygens (including phenoxy) is 1. The van der Waals surface area contributed by atoms with Crippen LogP contribution in [0, 0.1) is 0 Å². The van der Waals surface area contributed by atoms with Gasteiger partial charge in [-0.05, 0) is 24.6 Å². The fourth-order valence-corrected chi connectivity index (χ4v) is 1.58. The molecule has 0 unspecified atom stereocenters. The molecule has 5 nitrogen and oxygen atoms in total. The predicted molar refractivity (Wildman–Crippen MR) is 70.8 cm³/mol. The molecule has 0 aliphatic carbocycles. The van der Waals surface area contributed by atoms with Gasteiger partial charge in [0, 0.05) is 17.8 Å². The molecule has 98 valence electrons. The fraction of sp³-hybridized carbons (Fsp3) is 0.333. The maximum Gasteiger partial charge on any atom is 0.238 e. The number of hydrogen-bond donors (Lipinski definition) is 2. The molecule has 2 amide bonds. The first kappa shape index (κ1) is 14.5. The van der Waals surface area contributed by atoms with E-state index in [1.165, 1.54) is 6.92 Å². The topological polar surface area (TPSA) is 67.4 Å². The summed E-state index contributed by atoms with van der Waals surface area (Å²) in [7, 11) is 0. The smallest absolute Gasteiger partial charge is 0.238 e. The molecule has 6 heteroatoms. The summed E-state index contributed by atoms with van der Waals surface area (Å²) in [4.78, 5) is 21.8. The molecule has 2 N–H and O–H groups in total. The molecule has 0 bridgehead atoms. The molecule has 18 heavy (non-hydrogen) atoms. The van der Waals surface area contributed by atoms with Gasteiger partial charge in [0.25, 0.3) is 0 Å². The summed E-state index contributed by atoms with van der Waals surface area (Å²) in [5.41, 5.74) is 4.51. The van der Waals surface area contributed by atoms with E-state index in [1.54, 1.807) is 0 Å². The van der Waals surface area contributed by atoms with E-state index < -0.39 is 0 Å². The van der Waals surface area contributed by atoms with Gasteiger partial charge in [0.2, 0.25) is 11.8 Å². The molecule has 0 aromatic heterocycles. The van der Waals surface area contributed by atoms with E-state index in [4.69, 9.17) is 4.74 Å². The Kier molecular flexibility index (Phi) is 6.21. The lowest BCUT2D eigenvalue weighted by Crippen LogP contribution is -2.40. The molecule has 0 atom stereocenters. The van der Waals surface area contributed by atoms with Gasteiger partial charge < -0.3 is 4.74 Å². The Morgan fingerprint density at radius 2 is 2.11 bits per heavy atom. The molecule has 0 aliphatic rings. The molecule has 0 radical (unpaired) electrons. The highest BCUT2D eigenvalue weighted by molar-refractivity contribution is 9.10. The number of hydrazine groups is 1. The minimum Gasteiger partial charge on any atom is -0.494 e. The molecule has 0 heterocycles. The van der Waals surface area contributed by atoms with Crippen LogP contribution in [0.3, 0.4) is 0 Å². The molecular formula is C12H15BrN2O3. The summed E-state index contributed by atoms with van der Waals surface area (Å²) in [6, 6.07) is 7.50. The van der Waals surface area contributed by atoms with Gasteiger partial charge in [-0.3, -0.25) is 20.4 Å². The average Bonchev–Trinajstić information content (AvgIpc) is 2.32. The largest absolute Gasteiger partial charge is 0.494 e. The van der Waals surface area contributed by atoms with Crippen LogP contribution in [0.5, 0.6) is 5.75 Å². The number of hydrogen-bond acceptors (Lipinski definition) is 3. The number of carbonyl (C=O) groups excluding carboxylic acids is 2. The molecule has 0 fully saturated rings. The van der Waals surface area contributed by atoms with Crippen LogP contribution in [-0.4, -0.2) is 18.4 Å². The molecule has 0 aliphatic heterocycles. The van der Waals surface area contributed by atoms with Gasteiger partial charge in [-0.2, -0.15) is 0 Å². The number of rotatable bonds is 5. The van der Waals surface area contributed by atoms with E-state index in [2.05, 4.69) is 26.8 Å². The van der Waals surface area contributed by atoms with Gasteiger partial charge in [0.15, 0.2) is 0 Å². The average molecular weight is 315 g/mol. The van der Waals surface area contributed by atoms with Crippen molar-refractivity contribution in [2.75, 3.05) is 6.61 Å². The second-order valence-electron chi connectivity index (χ2n) is 3.64. The fourth-order valence-electron chi connectivity index (χ4n) is 1.20. The van der Waals surface area contributed by atoms with Crippen LogP contribution >= 0.6 is 15.9 Å². The van der Waals surface area contributed by atoms with Crippen LogP contribution in [0.15, 0.2) is 28.7 Å². The summed E-state index contributed by atoms with van der Waals surface area (Å²) >= 11 is 3.34. The van der Waals surface area contributed by atoms with E-state index in [-0.39, 0.29) is 11.8 Å². The van der Waals surface area contributed by atoms with Crippen LogP contribution in [-0.2, 0) is 9.59 Å². The minimum absolute atomic E-state index is 0.233. The van der Waals surface area contributed by atoms with Crippen molar-refractivity contribution >= 4 is 27.7 Å². The Bertz CT molecular complexity index is 424. The minimum atomic E-state index is -0.297. The highest BCUT2D eigenvalue weighted by Crippen LogP contribution is 2.17. The Balaban J connectivity index is 2.15. The molecule has 0 spiro atoms. The highest BCUT2D eigenvalue weighted by atomic mass is 79.9. The first-order chi connectivity index (χ1) is 8.58. The Morgan fingerprint density at radius 3 is 2.78 bits per heavy atom. The van der Waals surface area contributed by atoms with Gasteiger partial charge in [-0.15, -0.1) is 0 Å². The lowest BCUT2D eigenvalue weighted by Gasteiger charge is -2.07. The zero-order chi connectivity index (χ0) is 13.4. The van der Waals surface area contributed by atoms with Crippen molar-refractivity contribution < 1.29 is 14.3 Å². The lowest BCUT2D eigenvalue weighted by atomic mass is 10.3. The first-order valence-corrected chi connectivity index (χ1v) is 6.31. The Hall–Kier alpha value is -1.56. The molecule has 1 aromatic rings. The van der Waals surface area contributed by atoms with Gasteiger partial charge in [0.1, 0.15) is 5.75 Å². The van der Waals surface area contributed by atoms with Gasteiger partial charge in [-0.25, -0.2) is 0 Å². The van der Waals surface area contributed by atoms with E-state index in [0.717, 1.165) is 10.2 Å². The summed E-state index contributed by atoms with van der Waals surface area (Å²) in [5, 5.41) is 0. The van der Waals surface area contributed by atoms with Gasteiger partial charge in [0.05, 0.1) is 6.61 Å². The monoisotopic (exact) mass is 314 g/mol. The van der Waals surface area contributed by atoms with E-state index in [9.17, 15) is 9.59 Å². The van der Waals surface area contributed by atoms with E-state index >= 15 is 0 Å². The molecule has 0 saturated carbocycles. The third-order valence-corrected chi connectivity index (χ3v) is 2.48. The van der Waals surface area contributed by atoms with Crippen LogP contribution in [0.4, 0.5) is 0 Å². The number of benzene rings is 1. The molecule has 1 rings (SSSR count). The van der Waals surface area contributed by atoms with Crippen molar-refractivity contribution in [2.45, 2.75) is 19.8 Å². The Morgan fingerprint density at radius 1 is 1.33 bits per heavy atom. The van der Waals surface area contributed by atoms with Crippen molar-refractivity contribution in [1.82, 2.24) is 10.9 Å². The summed E-state index contributed by atoms with van der Waals surface area (Å²) in [5.74, 6) is 0.225. The Labute approximate surface area is 114 Å². The van der Waals surface area contributed by atoms with Crippen LogP contribution < -0.4 is 15.6 Å². The predicted octanol–water partition coefficient (Wildman–Crippen LogP) is 1.78. The number of halogens is 1. The third kappa shape index (κ3) is 6.24. The van der Waals surface area contributed by atoms with Crippen molar-refractivity contribution in [2.24, 2.45) is 0 Å². The molecule has 1 aromatic carbocycles. The number of carbonyl (C=O) groups is 2. The summed E-state index contributed by atoms with van der Waals surface area (Å²) < 4.78 is 6.41. The van der Waals surface area contributed by atoms with Crippen LogP contribution in [0.25, 0.3) is 0 Å². The second-order valence-corrected chi connectivity index (χ2v) is 4.55. The van der Waals surface area contributed by atoms with E-state index in [1.807, 2.05) is 24.3 Å². The maximum absolute atomic E-state index is 11.2. The van der Waals surface area contributed by atoms with Crippen LogP contribution in [0.1, 0.15) is 19.8 Å². The maximum atomic E-state index is 11.2.